The maximum absolute atomic E-state index is 6.17. The predicted molar refractivity (Wildman–Crippen MR) is 73.0 cm³/mol. The molecular formula is C13H15Cl2NO. The quantitative estimate of drug-likeness (QED) is 0.891. The second kappa shape index (κ2) is 5.30. The summed E-state index contributed by atoms with van der Waals surface area (Å²) in [5.74, 6) is 0.952. The van der Waals surface area contributed by atoms with Crippen molar-refractivity contribution in [3.8, 4) is 0 Å². The van der Waals surface area contributed by atoms with Gasteiger partial charge < -0.3 is 9.73 Å². The van der Waals surface area contributed by atoms with Crippen LogP contribution in [0.5, 0.6) is 0 Å². The topological polar surface area (TPSA) is 25.2 Å². The van der Waals surface area contributed by atoms with Crippen LogP contribution in [-0.2, 0) is 13.0 Å². The van der Waals surface area contributed by atoms with Gasteiger partial charge in [-0.05, 0) is 25.6 Å². The fourth-order valence-electron chi connectivity index (χ4n) is 2.03. The van der Waals surface area contributed by atoms with E-state index < -0.39 is 0 Å². The zero-order valence-electron chi connectivity index (χ0n) is 9.94. The summed E-state index contributed by atoms with van der Waals surface area (Å²) in [6, 6.07) is 3.81. The van der Waals surface area contributed by atoms with Gasteiger partial charge in [-0.25, -0.2) is 0 Å². The van der Waals surface area contributed by atoms with Gasteiger partial charge in [-0.1, -0.05) is 36.5 Å². The van der Waals surface area contributed by atoms with Gasteiger partial charge in [0.2, 0.25) is 0 Å². The lowest BCUT2D eigenvalue weighted by Gasteiger charge is -2.00. The first kappa shape index (κ1) is 12.7. The van der Waals surface area contributed by atoms with E-state index in [1.54, 1.807) is 0 Å². The van der Waals surface area contributed by atoms with Gasteiger partial charge in [0.15, 0.2) is 5.58 Å². The van der Waals surface area contributed by atoms with E-state index >= 15 is 0 Å². The Kier molecular flexibility index (Phi) is 3.97. The van der Waals surface area contributed by atoms with E-state index in [4.69, 9.17) is 27.6 Å². The fraction of sp³-hybridized carbons (Fsp3) is 0.385. The smallest absolute Gasteiger partial charge is 0.154 e. The molecule has 0 aliphatic heterocycles. The number of rotatable bonds is 4. The molecule has 1 aromatic heterocycles. The Hall–Kier alpha value is -0.700. The van der Waals surface area contributed by atoms with Gasteiger partial charge in [0.1, 0.15) is 10.8 Å². The lowest BCUT2D eigenvalue weighted by molar-refractivity contribution is 0.523. The minimum Gasteiger partial charge on any atom is -0.458 e. The highest BCUT2D eigenvalue weighted by Crippen LogP contribution is 2.36. The zero-order chi connectivity index (χ0) is 12.4. The van der Waals surface area contributed by atoms with E-state index in [0.717, 1.165) is 24.0 Å². The van der Waals surface area contributed by atoms with Crippen molar-refractivity contribution in [2.24, 2.45) is 0 Å². The van der Waals surface area contributed by atoms with Gasteiger partial charge in [0, 0.05) is 10.9 Å². The van der Waals surface area contributed by atoms with Crippen LogP contribution in [0.15, 0.2) is 16.5 Å². The Morgan fingerprint density at radius 1 is 1.29 bits per heavy atom. The molecule has 0 saturated heterocycles. The molecule has 2 rings (SSSR count). The molecule has 0 radical (unpaired) electrons. The van der Waals surface area contributed by atoms with Crippen molar-refractivity contribution in [3.63, 3.8) is 0 Å². The molecule has 0 saturated carbocycles. The maximum atomic E-state index is 6.17. The second-order valence-corrected chi connectivity index (χ2v) is 4.81. The summed E-state index contributed by atoms with van der Waals surface area (Å²) in [7, 11) is 1.90. The summed E-state index contributed by atoms with van der Waals surface area (Å²) >= 11 is 12.2. The summed E-state index contributed by atoms with van der Waals surface area (Å²) < 4.78 is 5.82. The summed E-state index contributed by atoms with van der Waals surface area (Å²) in [6.45, 7) is 2.86. The van der Waals surface area contributed by atoms with Crippen molar-refractivity contribution >= 4 is 34.2 Å². The van der Waals surface area contributed by atoms with Gasteiger partial charge in [-0.2, -0.15) is 0 Å². The SMILES string of the molecule is CCCc1c(CNC)oc2c(Cl)c(Cl)ccc12. The van der Waals surface area contributed by atoms with Crippen molar-refractivity contribution < 1.29 is 4.42 Å². The zero-order valence-corrected chi connectivity index (χ0v) is 11.5. The number of furan rings is 1. The van der Waals surface area contributed by atoms with Crippen molar-refractivity contribution in [1.29, 1.82) is 0 Å². The van der Waals surface area contributed by atoms with Gasteiger partial charge in [-0.3, -0.25) is 0 Å². The van der Waals surface area contributed by atoms with Crippen molar-refractivity contribution in [2.45, 2.75) is 26.3 Å². The van der Waals surface area contributed by atoms with Gasteiger partial charge in [0.25, 0.3) is 0 Å². The van der Waals surface area contributed by atoms with Crippen LogP contribution in [0.2, 0.25) is 10.0 Å². The van der Waals surface area contributed by atoms with Crippen LogP contribution >= 0.6 is 23.2 Å². The monoisotopic (exact) mass is 271 g/mol. The number of hydrogen-bond acceptors (Lipinski definition) is 2. The number of aryl methyl sites for hydroxylation is 1. The first-order chi connectivity index (χ1) is 8.19. The number of halogens is 2. The van der Waals surface area contributed by atoms with Crippen molar-refractivity contribution in [1.82, 2.24) is 5.32 Å². The molecular weight excluding hydrogens is 257 g/mol. The minimum absolute atomic E-state index is 0.504. The van der Waals surface area contributed by atoms with Crippen LogP contribution in [0.1, 0.15) is 24.7 Å². The highest BCUT2D eigenvalue weighted by atomic mass is 35.5. The summed E-state index contributed by atoms with van der Waals surface area (Å²) in [5.41, 5.74) is 1.93. The number of fused-ring (bicyclic) bond motifs is 1. The number of benzene rings is 1. The molecule has 0 amide bonds. The molecule has 0 spiro atoms. The van der Waals surface area contributed by atoms with Crippen LogP contribution in [0, 0.1) is 0 Å². The molecule has 0 bridgehead atoms. The Morgan fingerprint density at radius 2 is 2.06 bits per heavy atom. The third kappa shape index (κ3) is 2.30. The predicted octanol–water partition coefficient (Wildman–Crippen LogP) is 4.41. The molecule has 2 aromatic rings. The molecule has 1 N–H and O–H groups in total. The minimum atomic E-state index is 0.504. The summed E-state index contributed by atoms with van der Waals surface area (Å²) in [5, 5.41) is 5.22. The molecule has 17 heavy (non-hydrogen) atoms. The molecule has 0 aliphatic carbocycles. The average molecular weight is 272 g/mol. The van der Waals surface area contributed by atoms with E-state index in [1.165, 1.54) is 5.56 Å². The number of nitrogens with one attached hydrogen (secondary N) is 1. The van der Waals surface area contributed by atoms with Crippen LogP contribution in [-0.4, -0.2) is 7.05 Å². The normalized spacial score (nSPS) is 11.3. The third-order valence-corrected chi connectivity index (χ3v) is 3.56. The molecule has 92 valence electrons. The first-order valence-corrected chi connectivity index (χ1v) is 6.47. The van der Waals surface area contributed by atoms with E-state index in [1.807, 2.05) is 19.2 Å². The van der Waals surface area contributed by atoms with Crippen LogP contribution in [0.3, 0.4) is 0 Å². The van der Waals surface area contributed by atoms with E-state index in [2.05, 4.69) is 12.2 Å². The Bertz CT molecular complexity index is 534. The van der Waals surface area contributed by atoms with Crippen molar-refractivity contribution in [2.75, 3.05) is 7.05 Å². The van der Waals surface area contributed by atoms with Crippen LogP contribution in [0.25, 0.3) is 11.0 Å². The lowest BCUT2D eigenvalue weighted by atomic mass is 10.1. The highest BCUT2D eigenvalue weighted by Gasteiger charge is 2.16. The van der Waals surface area contributed by atoms with Gasteiger partial charge in [-0.15, -0.1) is 0 Å². The van der Waals surface area contributed by atoms with E-state index in [0.29, 0.717) is 22.2 Å². The summed E-state index contributed by atoms with van der Waals surface area (Å²) in [6.07, 6.45) is 2.06. The fourth-order valence-corrected chi connectivity index (χ4v) is 2.38. The standard InChI is InChI=1S/C13H15Cl2NO/c1-3-4-8-9-5-6-10(14)12(15)13(9)17-11(8)7-16-2/h5-6,16H,3-4,7H2,1-2H3. The van der Waals surface area contributed by atoms with Crippen molar-refractivity contribution in [3.05, 3.63) is 33.5 Å². The highest BCUT2D eigenvalue weighted by molar-refractivity contribution is 6.44. The van der Waals surface area contributed by atoms with Gasteiger partial charge in [0.05, 0.1) is 11.6 Å². The Morgan fingerprint density at radius 3 is 2.71 bits per heavy atom. The van der Waals surface area contributed by atoms with Crippen LogP contribution < -0.4 is 5.32 Å². The van der Waals surface area contributed by atoms with E-state index in [-0.39, 0.29) is 0 Å². The third-order valence-electron chi connectivity index (χ3n) is 2.77. The molecule has 1 heterocycles. The Balaban J connectivity index is 2.65. The van der Waals surface area contributed by atoms with Crippen LogP contribution in [0.4, 0.5) is 0 Å². The van der Waals surface area contributed by atoms with E-state index in [9.17, 15) is 0 Å². The largest absolute Gasteiger partial charge is 0.458 e. The average Bonchev–Trinajstić information content (AvgIpc) is 2.65. The molecule has 4 heteroatoms. The molecule has 0 unspecified atom stereocenters. The second-order valence-electron chi connectivity index (χ2n) is 4.02. The maximum Gasteiger partial charge on any atom is 0.154 e. The lowest BCUT2D eigenvalue weighted by Crippen LogP contribution is -2.05. The molecule has 0 fully saturated rings. The molecule has 1 aromatic carbocycles. The number of hydrogen-bond donors (Lipinski definition) is 1. The molecule has 2 nitrogen and oxygen atoms in total. The first-order valence-electron chi connectivity index (χ1n) is 5.71. The van der Waals surface area contributed by atoms with Gasteiger partial charge >= 0.3 is 0 Å². The molecule has 0 aliphatic rings. The Labute approximate surface area is 111 Å². The summed E-state index contributed by atoms with van der Waals surface area (Å²) in [4.78, 5) is 0. The molecule has 0 atom stereocenters.